The summed E-state index contributed by atoms with van der Waals surface area (Å²) < 4.78 is 14.2. The van der Waals surface area contributed by atoms with Gasteiger partial charge < -0.3 is 10.2 Å². The van der Waals surface area contributed by atoms with Crippen molar-refractivity contribution in [3.8, 4) is 0 Å². The van der Waals surface area contributed by atoms with E-state index in [0.29, 0.717) is 28.7 Å². The Kier molecular flexibility index (Phi) is 4.69. The fraction of sp³-hybridized carbons (Fsp3) is 0.600. The minimum atomic E-state index is -0.227. The molecule has 0 radical (unpaired) electrons. The number of hydrogen-bond acceptors (Lipinski definition) is 2. The molecule has 1 aromatic rings. The summed E-state index contributed by atoms with van der Waals surface area (Å²) in [6.45, 7) is 8.26. The summed E-state index contributed by atoms with van der Waals surface area (Å²) in [5, 5.41) is 3.99. The molecule has 2 unspecified atom stereocenters. The minimum Gasteiger partial charge on any atom is -0.363 e. The predicted molar refractivity (Wildman–Crippen MR) is 79.5 cm³/mol. The van der Waals surface area contributed by atoms with Gasteiger partial charge in [0.2, 0.25) is 0 Å². The number of benzene rings is 1. The van der Waals surface area contributed by atoms with Crippen LogP contribution in [-0.4, -0.2) is 25.2 Å². The number of nitrogens with one attached hydrogen (secondary N) is 1. The van der Waals surface area contributed by atoms with E-state index in [1.54, 1.807) is 12.1 Å². The Hall–Kier alpha value is -0.800. The van der Waals surface area contributed by atoms with Crippen molar-refractivity contribution < 1.29 is 4.39 Å². The molecule has 1 saturated heterocycles. The molecule has 1 fully saturated rings. The second-order valence-electron chi connectivity index (χ2n) is 5.57. The van der Waals surface area contributed by atoms with Crippen LogP contribution >= 0.6 is 11.6 Å². The summed E-state index contributed by atoms with van der Waals surface area (Å²) in [7, 11) is 0. The summed E-state index contributed by atoms with van der Waals surface area (Å²) in [5.74, 6) is 0.246. The molecule has 0 amide bonds. The van der Waals surface area contributed by atoms with Gasteiger partial charge in [-0.25, -0.2) is 4.39 Å². The van der Waals surface area contributed by atoms with Crippen molar-refractivity contribution in [2.45, 2.75) is 39.3 Å². The summed E-state index contributed by atoms with van der Waals surface area (Å²) in [4.78, 5) is 2.20. The van der Waals surface area contributed by atoms with Gasteiger partial charge >= 0.3 is 0 Å². The van der Waals surface area contributed by atoms with E-state index in [4.69, 9.17) is 11.6 Å². The number of halogens is 2. The van der Waals surface area contributed by atoms with Gasteiger partial charge in [0.15, 0.2) is 0 Å². The molecular weight excluding hydrogens is 263 g/mol. The van der Waals surface area contributed by atoms with Crippen LogP contribution in [-0.2, 0) is 0 Å². The van der Waals surface area contributed by atoms with Crippen molar-refractivity contribution in [1.82, 2.24) is 5.32 Å². The lowest BCUT2D eigenvalue weighted by atomic mass is 9.97. The first-order valence-electron chi connectivity index (χ1n) is 6.98. The highest BCUT2D eigenvalue weighted by Crippen LogP contribution is 2.28. The molecule has 1 heterocycles. The van der Waals surface area contributed by atoms with Gasteiger partial charge in [0, 0.05) is 30.2 Å². The van der Waals surface area contributed by atoms with E-state index in [0.717, 1.165) is 19.5 Å². The van der Waals surface area contributed by atoms with Crippen molar-refractivity contribution in [2.24, 2.45) is 5.92 Å². The van der Waals surface area contributed by atoms with Crippen molar-refractivity contribution in [2.75, 3.05) is 18.0 Å². The third-order valence-corrected chi connectivity index (χ3v) is 4.15. The number of hydrogen-bond donors (Lipinski definition) is 1. The zero-order chi connectivity index (χ0) is 14.0. The van der Waals surface area contributed by atoms with Crippen LogP contribution in [0.25, 0.3) is 0 Å². The largest absolute Gasteiger partial charge is 0.363 e. The molecule has 1 N–H and O–H groups in total. The van der Waals surface area contributed by atoms with E-state index >= 15 is 0 Å². The van der Waals surface area contributed by atoms with E-state index in [2.05, 4.69) is 31.0 Å². The Bertz CT molecular complexity index is 436. The standard InChI is InChI=1S/C15H22ClFN2/c1-4-12-9-19(15(8-18-12)10(2)3)14-6-5-11(16)7-13(14)17/h5-7,10,12,15,18H,4,8-9H2,1-3H3. The number of nitrogens with zero attached hydrogens (tertiary/aromatic N) is 1. The van der Waals surface area contributed by atoms with E-state index in [9.17, 15) is 4.39 Å². The highest BCUT2D eigenvalue weighted by atomic mass is 35.5. The van der Waals surface area contributed by atoms with Crippen LogP contribution in [0.4, 0.5) is 10.1 Å². The second-order valence-corrected chi connectivity index (χ2v) is 6.01. The molecule has 1 aromatic carbocycles. The molecule has 0 saturated carbocycles. The van der Waals surface area contributed by atoms with Gasteiger partial charge in [-0.3, -0.25) is 0 Å². The van der Waals surface area contributed by atoms with Crippen LogP contribution in [0, 0.1) is 11.7 Å². The quantitative estimate of drug-likeness (QED) is 0.911. The van der Waals surface area contributed by atoms with Gasteiger partial charge in [-0.05, 0) is 30.5 Å². The maximum absolute atomic E-state index is 14.2. The predicted octanol–water partition coefficient (Wildman–Crippen LogP) is 3.69. The molecule has 0 aliphatic carbocycles. The maximum Gasteiger partial charge on any atom is 0.147 e. The van der Waals surface area contributed by atoms with Gasteiger partial charge in [-0.2, -0.15) is 0 Å². The maximum atomic E-state index is 14.2. The van der Waals surface area contributed by atoms with Crippen LogP contribution in [0.2, 0.25) is 5.02 Å². The molecule has 0 bridgehead atoms. The zero-order valence-electron chi connectivity index (χ0n) is 11.8. The third-order valence-electron chi connectivity index (χ3n) is 3.91. The van der Waals surface area contributed by atoms with Crippen molar-refractivity contribution in [1.29, 1.82) is 0 Å². The van der Waals surface area contributed by atoms with Crippen LogP contribution in [0.1, 0.15) is 27.2 Å². The summed E-state index contributed by atoms with van der Waals surface area (Å²) in [6.07, 6.45) is 1.05. The Morgan fingerprint density at radius 1 is 1.47 bits per heavy atom. The molecule has 1 aliphatic rings. The highest BCUT2D eigenvalue weighted by Gasteiger charge is 2.30. The van der Waals surface area contributed by atoms with E-state index in [-0.39, 0.29) is 5.82 Å². The average Bonchev–Trinajstić information content (AvgIpc) is 2.38. The first-order valence-corrected chi connectivity index (χ1v) is 7.35. The molecule has 2 rings (SSSR count). The molecule has 0 spiro atoms. The van der Waals surface area contributed by atoms with Gasteiger partial charge in [0.1, 0.15) is 5.82 Å². The molecule has 106 valence electrons. The van der Waals surface area contributed by atoms with Gasteiger partial charge in [-0.15, -0.1) is 0 Å². The van der Waals surface area contributed by atoms with E-state index in [1.807, 2.05) is 0 Å². The Morgan fingerprint density at radius 2 is 2.21 bits per heavy atom. The topological polar surface area (TPSA) is 15.3 Å². The van der Waals surface area contributed by atoms with E-state index in [1.165, 1.54) is 6.07 Å². The lowest BCUT2D eigenvalue weighted by molar-refractivity contribution is 0.331. The lowest BCUT2D eigenvalue weighted by Gasteiger charge is -2.43. The van der Waals surface area contributed by atoms with Gasteiger partial charge in [-0.1, -0.05) is 32.4 Å². The summed E-state index contributed by atoms with van der Waals surface area (Å²) in [6, 6.07) is 5.70. The SMILES string of the molecule is CCC1CN(c2ccc(Cl)cc2F)C(C(C)C)CN1. The molecular formula is C15H22ClFN2. The fourth-order valence-electron chi connectivity index (χ4n) is 2.70. The van der Waals surface area contributed by atoms with Crippen LogP contribution in [0.3, 0.4) is 0 Å². The number of piperazine rings is 1. The Balaban J connectivity index is 2.30. The first-order chi connectivity index (χ1) is 9.02. The molecule has 1 aliphatic heterocycles. The molecule has 19 heavy (non-hydrogen) atoms. The smallest absolute Gasteiger partial charge is 0.147 e. The monoisotopic (exact) mass is 284 g/mol. The fourth-order valence-corrected chi connectivity index (χ4v) is 2.85. The van der Waals surface area contributed by atoms with Gasteiger partial charge in [0.25, 0.3) is 0 Å². The van der Waals surface area contributed by atoms with Crippen molar-refractivity contribution in [3.63, 3.8) is 0 Å². The molecule has 2 atom stereocenters. The first kappa shape index (κ1) is 14.6. The summed E-state index contributed by atoms with van der Waals surface area (Å²) >= 11 is 5.84. The van der Waals surface area contributed by atoms with E-state index < -0.39 is 0 Å². The molecule has 4 heteroatoms. The third kappa shape index (κ3) is 3.21. The summed E-state index contributed by atoms with van der Waals surface area (Å²) in [5.41, 5.74) is 0.669. The zero-order valence-corrected chi connectivity index (χ0v) is 12.5. The average molecular weight is 285 g/mol. The molecule has 0 aromatic heterocycles. The van der Waals surface area contributed by atoms with Gasteiger partial charge in [0.05, 0.1) is 5.69 Å². The lowest BCUT2D eigenvalue weighted by Crippen LogP contribution is -2.58. The van der Waals surface area contributed by atoms with Crippen LogP contribution in [0.15, 0.2) is 18.2 Å². The minimum absolute atomic E-state index is 0.227. The Labute approximate surface area is 119 Å². The van der Waals surface area contributed by atoms with Crippen LogP contribution < -0.4 is 10.2 Å². The number of rotatable bonds is 3. The second kappa shape index (κ2) is 6.10. The number of anilines is 1. The highest BCUT2D eigenvalue weighted by molar-refractivity contribution is 6.30. The normalized spacial score (nSPS) is 24.0. The van der Waals surface area contributed by atoms with Crippen molar-refractivity contribution >= 4 is 17.3 Å². The molecule has 2 nitrogen and oxygen atoms in total. The Morgan fingerprint density at radius 3 is 2.79 bits per heavy atom. The van der Waals surface area contributed by atoms with Crippen molar-refractivity contribution in [3.05, 3.63) is 29.0 Å². The van der Waals surface area contributed by atoms with Crippen LogP contribution in [0.5, 0.6) is 0 Å².